The first kappa shape index (κ1) is 23.8. The molecule has 7 nitrogen and oxygen atoms in total. The summed E-state index contributed by atoms with van der Waals surface area (Å²) in [6, 6.07) is 10.5. The smallest absolute Gasteiger partial charge is 0.260 e. The summed E-state index contributed by atoms with van der Waals surface area (Å²) in [5.74, 6) is -0.196. The lowest BCUT2D eigenvalue weighted by atomic mass is 10.2. The van der Waals surface area contributed by atoms with Gasteiger partial charge in [-0.3, -0.25) is 4.79 Å². The number of sulfonamides is 1. The molecule has 0 unspecified atom stereocenters. The van der Waals surface area contributed by atoms with Crippen LogP contribution in [0.25, 0.3) is 0 Å². The lowest BCUT2D eigenvalue weighted by Crippen LogP contribution is -2.50. The van der Waals surface area contributed by atoms with Crippen molar-refractivity contribution in [3.05, 3.63) is 53.3 Å². The first-order chi connectivity index (χ1) is 15.8. The van der Waals surface area contributed by atoms with Gasteiger partial charge in [0.1, 0.15) is 11.6 Å². The number of nitrogens with zero attached hydrogens (tertiary/aromatic N) is 2. The fourth-order valence-corrected chi connectivity index (χ4v) is 5.82. The largest absolute Gasteiger partial charge is 0.482 e. The highest BCUT2D eigenvalue weighted by Crippen LogP contribution is 2.28. The average Bonchev–Trinajstić information content (AvgIpc) is 3.31. The highest BCUT2D eigenvalue weighted by Gasteiger charge is 2.25. The van der Waals surface area contributed by atoms with Gasteiger partial charge in [0, 0.05) is 37.9 Å². The molecule has 1 saturated heterocycles. The number of piperazine rings is 1. The van der Waals surface area contributed by atoms with E-state index in [9.17, 15) is 17.6 Å². The van der Waals surface area contributed by atoms with Crippen molar-refractivity contribution in [2.45, 2.75) is 36.6 Å². The van der Waals surface area contributed by atoms with Crippen LogP contribution in [-0.2, 0) is 14.8 Å². The normalized spacial score (nSPS) is 17.4. The van der Waals surface area contributed by atoms with E-state index in [2.05, 4.69) is 9.62 Å². The van der Waals surface area contributed by atoms with E-state index in [1.807, 2.05) is 0 Å². The Morgan fingerprint density at radius 3 is 2.36 bits per heavy atom. The third-order valence-corrected chi connectivity index (χ3v) is 7.88. The van der Waals surface area contributed by atoms with Crippen LogP contribution >= 0.6 is 11.6 Å². The van der Waals surface area contributed by atoms with E-state index in [0.29, 0.717) is 26.2 Å². The molecule has 0 radical (unpaired) electrons. The van der Waals surface area contributed by atoms with Crippen molar-refractivity contribution in [3.63, 3.8) is 0 Å². The number of benzene rings is 2. The lowest BCUT2D eigenvalue weighted by molar-refractivity contribution is -0.133. The molecule has 0 spiro atoms. The van der Waals surface area contributed by atoms with E-state index in [4.69, 9.17) is 16.3 Å². The predicted molar refractivity (Wildman–Crippen MR) is 125 cm³/mol. The molecule has 0 bridgehead atoms. The molecule has 0 atom stereocenters. The van der Waals surface area contributed by atoms with Crippen molar-refractivity contribution in [1.82, 2.24) is 9.62 Å². The SMILES string of the molecule is O=C(COc1ccc(S(=O)(=O)NC2CCCC2)cc1Cl)N1CCN(c2ccc(F)cc2)CC1. The topological polar surface area (TPSA) is 78.9 Å². The van der Waals surface area contributed by atoms with Crippen LogP contribution in [0.2, 0.25) is 5.02 Å². The van der Waals surface area contributed by atoms with Gasteiger partial charge in [-0.25, -0.2) is 17.5 Å². The number of anilines is 1. The molecule has 1 heterocycles. The molecule has 2 fully saturated rings. The van der Waals surface area contributed by atoms with E-state index in [1.165, 1.54) is 30.3 Å². The van der Waals surface area contributed by atoms with Gasteiger partial charge < -0.3 is 14.5 Å². The number of nitrogens with one attached hydrogen (secondary N) is 1. The summed E-state index contributed by atoms with van der Waals surface area (Å²) in [6.07, 6.45) is 3.73. The maximum atomic E-state index is 13.1. The minimum absolute atomic E-state index is 0.0363. The summed E-state index contributed by atoms with van der Waals surface area (Å²) in [6.45, 7) is 2.13. The summed E-state index contributed by atoms with van der Waals surface area (Å²) >= 11 is 6.24. The molecule has 1 aliphatic carbocycles. The fourth-order valence-electron chi connectivity index (χ4n) is 4.19. The summed E-state index contributed by atoms with van der Waals surface area (Å²) in [5, 5.41) is 0.137. The Balaban J connectivity index is 1.29. The zero-order valence-corrected chi connectivity index (χ0v) is 19.7. The second kappa shape index (κ2) is 10.3. The van der Waals surface area contributed by atoms with Gasteiger partial charge in [0.25, 0.3) is 5.91 Å². The molecule has 0 aromatic heterocycles. The van der Waals surface area contributed by atoms with E-state index in [-0.39, 0.29) is 40.0 Å². The Labute approximate surface area is 198 Å². The number of hydrogen-bond donors (Lipinski definition) is 1. The third kappa shape index (κ3) is 5.96. The molecule has 2 aliphatic rings. The number of hydrogen-bond acceptors (Lipinski definition) is 5. The number of carbonyl (C=O) groups excluding carboxylic acids is 1. The Morgan fingerprint density at radius 1 is 1.06 bits per heavy atom. The van der Waals surface area contributed by atoms with Crippen LogP contribution in [-0.4, -0.2) is 58.1 Å². The molecular formula is C23H27ClFN3O4S. The minimum atomic E-state index is -3.65. The third-order valence-electron chi connectivity index (χ3n) is 6.07. The van der Waals surface area contributed by atoms with Crippen LogP contribution in [0, 0.1) is 5.82 Å². The molecule has 178 valence electrons. The number of carbonyl (C=O) groups is 1. The van der Waals surface area contributed by atoms with Gasteiger partial charge in [-0.2, -0.15) is 0 Å². The Kier molecular flexibility index (Phi) is 7.41. The van der Waals surface area contributed by atoms with Crippen LogP contribution in [0.4, 0.5) is 10.1 Å². The predicted octanol–water partition coefficient (Wildman–Crippen LogP) is 3.43. The number of halogens is 2. The lowest BCUT2D eigenvalue weighted by Gasteiger charge is -2.36. The maximum Gasteiger partial charge on any atom is 0.260 e. The molecule has 2 aromatic carbocycles. The van der Waals surface area contributed by atoms with Crippen molar-refractivity contribution < 1.29 is 22.3 Å². The van der Waals surface area contributed by atoms with E-state index in [0.717, 1.165) is 31.4 Å². The van der Waals surface area contributed by atoms with E-state index < -0.39 is 10.0 Å². The van der Waals surface area contributed by atoms with E-state index >= 15 is 0 Å². The van der Waals surface area contributed by atoms with Gasteiger partial charge in [0.2, 0.25) is 10.0 Å². The average molecular weight is 496 g/mol. The zero-order valence-electron chi connectivity index (χ0n) is 18.2. The van der Waals surface area contributed by atoms with Gasteiger partial charge in [-0.05, 0) is 55.3 Å². The summed E-state index contributed by atoms with van der Waals surface area (Å²) in [4.78, 5) is 16.5. The molecule has 33 heavy (non-hydrogen) atoms. The molecule has 1 aliphatic heterocycles. The second-order valence-corrected chi connectivity index (χ2v) is 10.4. The second-order valence-electron chi connectivity index (χ2n) is 8.33. The van der Waals surface area contributed by atoms with Gasteiger partial charge in [0.05, 0.1) is 9.92 Å². The van der Waals surface area contributed by atoms with Crippen molar-refractivity contribution in [3.8, 4) is 5.75 Å². The maximum absolute atomic E-state index is 13.1. The number of amides is 1. The highest BCUT2D eigenvalue weighted by atomic mass is 35.5. The molecule has 10 heteroatoms. The first-order valence-electron chi connectivity index (χ1n) is 11.0. The Hall–Kier alpha value is -2.36. The standard InChI is InChI=1S/C23H27ClFN3O4S/c24-21-15-20(33(30,31)26-18-3-1-2-4-18)9-10-22(21)32-16-23(29)28-13-11-27(12-14-28)19-7-5-17(25)6-8-19/h5-10,15,18,26H,1-4,11-14,16H2. The van der Waals surface area contributed by atoms with Gasteiger partial charge in [0.15, 0.2) is 6.61 Å². The summed E-state index contributed by atoms with van der Waals surface area (Å²) < 4.78 is 46.6. The minimum Gasteiger partial charge on any atom is -0.482 e. The quantitative estimate of drug-likeness (QED) is 0.636. The number of rotatable bonds is 7. The molecule has 2 aromatic rings. The van der Waals surface area contributed by atoms with E-state index in [1.54, 1.807) is 17.0 Å². The van der Waals surface area contributed by atoms with Crippen LogP contribution in [0.1, 0.15) is 25.7 Å². The summed E-state index contributed by atoms with van der Waals surface area (Å²) in [7, 11) is -3.65. The zero-order chi connectivity index (χ0) is 23.4. The van der Waals surface area contributed by atoms with Gasteiger partial charge in [-0.15, -0.1) is 0 Å². The van der Waals surface area contributed by atoms with Crippen LogP contribution in [0.5, 0.6) is 5.75 Å². The molecule has 1 N–H and O–H groups in total. The van der Waals surface area contributed by atoms with Crippen molar-refractivity contribution in [2.24, 2.45) is 0 Å². The Bertz CT molecular complexity index is 1080. The first-order valence-corrected chi connectivity index (χ1v) is 12.9. The van der Waals surface area contributed by atoms with Crippen LogP contribution < -0.4 is 14.4 Å². The van der Waals surface area contributed by atoms with Gasteiger partial charge >= 0.3 is 0 Å². The summed E-state index contributed by atoms with van der Waals surface area (Å²) in [5.41, 5.74) is 0.920. The fraction of sp³-hybridized carbons (Fsp3) is 0.435. The molecular weight excluding hydrogens is 469 g/mol. The molecule has 1 amide bonds. The van der Waals surface area contributed by atoms with Crippen LogP contribution in [0.3, 0.4) is 0 Å². The Morgan fingerprint density at radius 2 is 1.73 bits per heavy atom. The van der Waals surface area contributed by atoms with Crippen molar-refractivity contribution in [1.29, 1.82) is 0 Å². The van der Waals surface area contributed by atoms with Crippen molar-refractivity contribution >= 4 is 33.2 Å². The number of ether oxygens (including phenoxy) is 1. The molecule has 1 saturated carbocycles. The van der Waals surface area contributed by atoms with Gasteiger partial charge in [-0.1, -0.05) is 24.4 Å². The van der Waals surface area contributed by atoms with Crippen molar-refractivity contribution in [2.75, 3.05) is 37.7 Å². The monoisotopic (exact) mass is 495 g/mol. The molecule has 4 rings (SSSR count). The highest BCUT2D eigenvalue weighted by molar-refractivity contribution is 7.89. The van der Waals surface area contributed by atoms with Crippen LogP contribution in [0.15, 0.2) is 47.4 Å².